The van der Waals surface area contributed by atoms with Gasteiger partial charge in [-0.05, 0) is 0 Å². The van der Waals surface area contributed by atoms with E-state index < -0.39 is 6.29 Å². The van der Waals surface area contributed by atoms with Gasteiger partial charge in [0.2, 0.25) is 0 Å². The molecule has 2 aliphatic heterocycles. The third-order valence-corrected chi connectivity index (χ3v) is 1.70. The average molecular weight is 132 g/mol. The van der Waals surface area contributed by atoms with E-state index >= 15 is 0 Å². The molecule has 4 heteroatoms. The maximum atomic E-state index is 8.88. The molecule has 0 aromatic carbocycles. The second-order valence-electron chi connectivity index (χ2n) is 2.31. The number of aliphatic hydroxyl groups excluding tert-OH is 2. The molecule has 2 N–H and O–H groups in total. The first-order valence-electron chi connectivity index (χ1n) is 2.93. The topological polar surface area (TPSA) is 62.2 Å². The number of hydrogen-bond acceptors (Lipinski definition) is 4. The zero-order valence-corrected chi connectivity index (χ0v) is 4.73. The molecule has 2 saturated heterocycles. The standard InChI is InChI=1S/C5H8O4/c6-1-2-3-4(9-3)5(7)8-2/h2-7H,1H2/t2-,3-,4-,5?/m0/s1. The molecule has 1 unspecified atom stereocenters. The van der Waals surface area contributed by atoms with Crippen LogP contribution in [0.1, 0.15) is 0 Å². The van der Waals surface area contributed by atoms with E-state index in [0.29, 0.717) is 0 Å². The molecule has 0 bridgehead atoms. The smallest absolute Gasteiger partial charge is 0.184 e. The quantitative estimate of drug-likeness (QED) is 0.424. The van der Waals surface area contributed by atoms with Crippen molar-refractivity contribution in [3.8, 4) is 0 Å². The zero-order chi connectivity index (χ0) is 6.43. The first kappa shape index (κ1) is 5.61. The first-order chi connectivity index (χ1) is 4.33. The van der Waals surface area contributed by atoms with Crippen LogP contribution in [0.4, 0.5) is 0 Å². The first-order valence-corrected chi connectivity index (χ1v) is 2.93. The van der Waals surface area contributed by atoms with Crippen LogP contribution in [-0.4, -0.2) is 41.4 Å². The molecular formula is C5H8O4. The summed E-state index contributed by atoms with van der Waals surface area (Å²) in [6.07, 6.45) is -1.33. The van der Waals surface area contributed by atoms with E-state index in [2.05, 4.69) is 0 Å². The highest BCUT2D eigenvalue weighted by molar-refractivity contribution is 4.99. The van der Waals surface area contributed by atoms with E-state index in [1.54, 1.807) is 0 Å². The zero-order valence-electron chi connectivity index (χ0n) is 4.73. The summed E-state index contributed by atoms with van der Waals surface area (Å²) in [7, 11) is 0. The van der Waals surface area contributed by atoms with Gasteiger partial charge in [-0.15, -0.1) is 0 Å². The fourth-order valence-electron chi connectivity index (χ4n) is 1.15. The Morgan fingerprint density at radius 2 is 2.00 bits per heavy atom. The molecule has 0 amide bonds. The van der Waals surface area contributed by atoms with Crippen molar-refractivity contribution in [2.24, 2.45) is 0 Å². The van der Waals surface area contributed by atoms with Crippen molar-refractivity contribution in [1.29, 1.82) is 0 Å². The Morgan fingerprint density at radius 3 is 2.22 bits per heavy atom. The van der Waals surface area contributed by atoms with Crippen molar-refractivity contribution >= 4 is 0 Å². The summed E-state index contributed by atoms with van der Waals surface area (Å²) in [6, 6.07) is 0. The Hall–Kier alpha value is -0.160. The van der Waals surface area contributed by atoms with Gasteiger partial charge in [-0.1, -0.05) is 0 Å². The molecule has 9 heavy (non-hydrogen) atoms. The molecule has 0 spiro atoms. The lowest BCUT2D eigenvalue weighted by Gasteiger charge is -2.09. The van der Waals surface area contributed by atoms with Gasteiger partial charge in [-0.25, -0.2) is 0 Å². The molecule has 0 aliphatic carbocycles. The van der Waals surface area contributed by atoms with Crippen LogP contribution in [0.3, 0.4) is 0 Å². The number of ether oxygens (including phenoxy) is 2. The Kier molecular flexibility index (Phi) is 1.04. The predicted molar refractivity (Wildman–Crippen MR) is 26.6 cm³/mol. The van der Waals surface area contributed by atoms with E-state index in [-0.39, 0.29) is 24.9 Å². The third-order valence-electron chi connectivity index (χ3n) is 1.70. The number of fused-ring (bicyclic) bond motifs is 1. The van der Waals surface area contributed by atoms with Crippen molar-refractivity contribution < 1.29 is 19.7 Å². The molecule has 4 atom stereocenters. The van der Waals surface area contributed by atoms with Crippen molar-refractivity contribution in [3.05, 3.63) is 0 Å². The normalized spacial score (nSPS) is 55.3. The lowest BCUT2D eigenvalue weighted by atomic mass is 10.2. The maximum Gasteiger partial charge on any atom is 0.184 e. The highest BCUT2D eigenvalue weighted by atomic mass is 16.7. The van der Waals surface area contributed by atoms with Gasteiger partial charge in [-0.3, -0.25) is 0 Å². The van der Waals surface area contributed by atoms with Crippen LogP contribution in [-0.2, 0) is 9.47 Å². The number of aliphatic hydroxyl groups is 2. The molecule has 0 radical (unpaired) electrons. The van der Waals surface area contributed by atoms with Gasteiger partial charge in [0.15, 0.2) is 6.29 Å². The summed E-state index contributed by atoms with van der Waals surface area (Å²) in [5.74, 6) is 0. The van der Waals surface area contributed by atoms with Crippen LogP contribution in [0.5, 0.6) is 0 Å². The second-order valence-corrected chi connectivity index (χ2v) is 2.31. The SMILES string of the molecule is OC[C@@H]1OC(O)[C@H]2O[C@@H]12. The third kappa shape index (κ3) is 0.679. The second kappa shape index (κ2) is 1.67. The van der Waals surface area contributed by atoms with Gasteiger partial charge in [0.05, 0.1) is 6.61 Å². The van der Waals surface area contributed by atoms with Crippen LogP contribution >= 0.6 is 0 Å². The molecule has 0 saturated carbocycles. The van der Waals surface area contributed by atoms with Gasteiger partial charge in [0, 0.05) is 0 Å². The Morgan fingerprint density at radius 1 is 1.22 bits per heavy atom. The minimum Gasteiger partial charge on any atom is -0.394 e. The van der Waals surface area contributed by atoms with Crippen LogP contribution in [0.15, 0.2) is 0 Å². The van der Waals surface area contributed by atoms with Crippen LogP contribution in [0.25, 0.3) is 0 Å². The lowest BCUT2D eigenvalue weighted by molar-refractivity contribution is -0.149. The van der Waals surface area contributed by atoms with E-state index in [9.17, 15) is 0 Å². The molecular weight excluding hydrogens is 124 g/mol. The fraction of sp³-hybridized carbons (Fsp3) is 1.00. The van der Waals surface area contributed by atoms with E-state index in [4.69, 9.17) is 19.7 Å². The van der Waals surface area contributed by atoms with Crippen molar-refractivity contribution in [2.45, 2.75) is 24.6 Å². The van der Waals surface area contributed by atoms with Crippen molar-refractivity contribution in [2.75, 3.05) is 6.61 Å². The molecule has 2 heterocycles. The highest BCUT2D eigenvalue weighted by Gasteiger charge is 2.57. The molecule has 4 nitrogen and oxygen atoms in total. The van der Waals surface area contributed by atoms with Crippen molar-refractivity contribution in [3.63, 3.8) is 0 Å². The molecule has 0 aromatic rings. The molecule has 0 aromatic heterocycles. The molecule has 2 aliphatic rings. The van der Waals surface area contributed by atoms with Gasteiger partial charge in [0.1, 0.15) is 18.3 Å². The van der Waals surface area contributed by atoms with Gasteiger partial charge < -0.3 is 19.7 Å². The van der Waals surface area contributed by atoms with E-state index in [1.165, 1.54) is 0 Å². The Bertz CT molecular complexity index is 126. The molecule has 52 valence electrons. The minimum absolute atomic E-state index is 0.0509. The fourth-order valence-corrected chi connectivity index (χ4v) is 1.15. The largest absolute Gasteiger partial charge is 0.394 e. The maximum absolute atomic E-state index is 8.88. The summed E-state index contributed by atoms with van der Waals surface area (Å²) < 4.78 is 9.79. The highest BCUT2D eigenvalue weighted by Crippen LogP contribution is 2.37. The van der Waals surface area contributed by atoms with Crippen LogP contribution in [0.2, 0.25) is 0 Å². The summed E-state index contributed by atoms with van der Waals surface area (Å²) >= 11 is 0. The predicted octanol–water partition coefficient (Wildman–Crippen LogP) is -1.54. The van der Waals surface area contributed by atoms with Gasteiger partial charge in [-0.2, -0.15) is 0 Å². The van der Waals surface area contributed by atoms with Gasteiger partial charge in [0.25, 0.3) is 0 Å². The lowest BCUT2D eigenvalue weighted by Crippen LogP contribution is -2.22. The Labute approximate surface area is 52.0 Å². The van der Waals surface area contributed by atoms with Crippen molar-refractivity contribution in [1.82, 2.24) is 0 Å². The monoisotopic (exact) mass is 132 g/mol. The number of rotatable bonds is 1. The van der Waals surface area contributed by atoms with Crippen LogP contribution in [0, 0.1) is 0 Å². The average Bonchev–Trinajstić information content (AvgIpc) is 2.56. The molecule has 2 rings (SSSR count). The summed E-state index contributed by atoms with van der Waals surface area (Å²) in [5.41, 5.74) is 0. The van der Waals surface area contributed by atoms with E-state index in [1.807, 2.05) is 0 Å². The van der Waals surface area contributed by atoms with Crippen LogP contribution < -0.4 is 0 Å². The summed E-state index contributed by atoms with van der Waals surface area (Å²) in [4.78, 5) is 0. The number of epoxide rings is 1. The van der Waals surface area contributed by atoms with Gasteiger partial charge >= 0.3 is 0 Å². The molecule has 2 fully saturated rings. The Balaban J connectivity index is 2.00. The minimum atomic E-state index is -0.813. The van der Waals surface area contributed by atoms with E-state index in [0.717, 1.165) is 0 Å². The number of hydrogen-bond donors (Lipinski definition) is 2. The summed E-state index contributed by atoms with van der Waals surface area (Å²) in [6.45, 7) is -0.0712. The summed E-state index contributed by atoms with van der Waals surface area (Å²) in [5, 5.41) is 17.4.